The third-order valence-corrected chi connectivity index (χ3v) is 2.35. The average molecular weight is 310 g/mol. The van der Waals surface area contributed by atoms with Gasteiger partial charge in [-0.15, -0.1) is 0 Å². The molecule has 0 bridgehead atoms. The van der Waals surface area contributed by atoms with E-state index in [-0.39, 0.29) is 11.1 Å². The lowest BCUT2D eigenvalue weighted by atomic mass is 10.1. The van der Waals surface area contributed by atoms with Gasteiger partial charge in [-0.05, 0) is 53.7 Å². The molecule has 0 amide bonds. The second-order valence-electron chi connectivity index (χ2n) is 6.89. The van der Waals surface area contributed by atoms with Crippen molar-refractivity contribution in [3.05, 3.63) is 23.3 Å². The van der Waals surface area contributed by atoms with Gasteiger partial charge in [0.2, 0.25) is 0 Å². The highest BCUT2D eigenvalue weighted by molar-refractivity contribution is 5.98. The minimum atomic E-state index is -0.795. The van der Waals surface area contributed by atoms with Crippen LogP contribution in [-0.2, 0) is 9.47 Å². The van der Waals surface area contributed by atoms with Crippen molar-refractivity contribution < 1.29 is 29.3 Å². The molecule has 0 saturated carbocycles. The van der Waals surface area contributed by atoms with Gasteiger partial charge >= 0.3 is 11.9 Å². The van der Waals surface area contributed by atoms with Crippen LogP contribution in [0.25, 0.3) is 0 Å². The second kappa shape index (κ2) is 5.87. The number of ether oxygens (including phenoxy) is 2. The molecule has 2 N–H and O–H groups in total. The van der Waals surface area contributed by atoms with Crippen molar-refractivity contribution in [3.63, 3.8) is 0 Å². The summed E-state index contributed by atoms with van der Waals surface area (Å²) < 4.78 is 10.2. The number of phenolic OH excluding ortho intramolecular Hbond substituents is 2. The summed E-state index contributed by atoms with van der Waals surface area (Å²) in [4.78, 5) is 23.9. The molecule has 0 fully saturated rings. The summed E-state index contributed by atoms with van der Waals surface area (Å²) in [6.07, 6.45) is 0. The summed E-state index contributed by atoms with van der Waals surface area (Å²) in [6.45, 7) is 10.1. The smallest absolute Gasteiger partial charge is 0.342 e. The van der Waals surface area contributed by atoms with Crippen molar-refractivity contribution in [2.45, 2.75) is 52.7 Å². The summed E-state index contributed by atoms with van der Waals surface area (Å²) >= 11 is 0. The molecular weight excluding hydrogens is 288 g/mol. The number of hydrogen-bond acceptors (Lipinski definition) is 6. The number of carbonyl (C=O) groups is 2. The van der Waals surface area contributed by atoms with E-state index in [4.69, 9.17) is 9.47 Å². The predicted molar refractivity (Wildman–Crippen MR) is 80.1 cm³/mol. The third-order valence-electron chi connectivity index (χ3n) is 2.35. The largest absolute Gasteiger partial charge is 0.507 e. The molecule has 6 heteroatoms. The van der Waals surface area contributed by atoms with Gasteiger partial charge in [-0.1, -0.05) is 0 Å². The summed E-state index contributed by atoms with van der Waals surface area (Å²) in [6, 6.07) is 1.98. The summed E-state index contributed by atoms with van der Waals surface area (Å²) in [7, 11) is 0. The van der Waals surface area contributed by atoms with Crippen LogP contribution in [0.3, 0.4) is 0 Å². The highest BCUT2D eigenvalue weighted by Crippen LogP contribution is 2.30. The molecular formula is C16H22O6. The molecule has 0 spiro atoms. The number of benzene rings is 1. The van der Waals surface area contributed by atoms with Crippen LogP contribution in [0.2, 0.25) is 0 Å². The van der Waals surface area contributed by atoms with Gasteiger partial charge in [0.15, 0.2) is 0 Å². The van der Waals surface area contributed by atoms with Crippen LogP contribution in [0.15, 0.2) is 12.1 Å². The van der Waals surface area contributed by atoms with Gasteiger partial charge in [0.1, 0.15) is 33.8 Å². The molecule has 0 atom stereocenters. The third kappa shape index (κ3) is 4.95. The van der Waals surface area contributed by atoms with Crippen LogP contribution in [0.1, 0.15) is 62.3 Å². The van der Waals surface area contributed by atoms with Crippen molar-refractivity contribution in [2.24, 2.45) is 0 Å². The Balaban J connectivity index is 3.12. The fourth-order valence-corrected chi connectivity index (χ4v) is 1.57. The summed E-state index contributed by atoms with van der Waals surface area (Å²) in [5.74, 6) is -2.52. The molecule has 1 aromatic carbocycles. The maximum Gasteiger partial charge on any atom is 0.342 e. The first kappa shape index (κ1) is 17.8. The van der Waals surface area contributed by atoms with Crippen LogP contribution in [0.5, 0.6) is 11.5 Å². The molecule has 0 aliphatic heterocycles. The molecule has 22 heavy (non-hydrogen) atoms. The van der Waals surface area contributed by atoms with E-state index in [0.29, 0.717) is 0 Å². The molecule has 122 valence electrons. The fourth-order valence-electron chi connectivity index (χ4n) is 1.57. The van der Waals surface area contributed by atoms with E-state index in [1.807, 2.05) is 0 Å². The SMILES string of the molecule is CC(C)(C)OC(=O)c1cc(O)c(C(=O)OC(C)(C)C)cc1O. The minimum absolute atomic E-state index is 0.222. The van der Waals surface area contributed by atoms with Gasteiger partial charge in [0, 0.05) is 0 Å². The van der Waals surface area contributed by atoms with Crippen molar-refractivity contribution in [1.29, 1.82) is 0 Å². The van der Waals surface area contributed by atoms with E-state index in [2.05, 4.69) is 0 Å². The Morgan fingerprint density at radius 2 is 1.05 bits per heavy atom. The lowest BCUT2D eigenvalue weighted by Gasteiger charge is -2.21. The lowest BCUT2D eigenvalue weighted by Crippen LogP contribution is -2.25. The van der Waals surface area contributed by atoms with Crippen molar-refractivity contribution in [2.75, 3.05) is 0 Å². The first-order valence-electron chi connectivity index (χ1n) is 6.83. The Labute approximate surface area is 129 Å². The topological polar surface area (TPSA) is 93.1 Å². The molecule has 1 aromatic rings. The molecule has 0 radical (unpaired) electrons. The van der Waals surface area contributed by atoms with Gasteiger partial charge in [0.25, 0.3) is 0 Å². The zero-order valence-corrected chi connectivity index (χ0v) is 13.7. The monoisotopic (exact) mass is 310 g/mol. The zero-order chi connectivity index (χ0) is 17.3. The number of hydrogen-bond donors (Lipinski definition) is 2. The minimum Gasteiger partial charge on any atom is -0.507 e. The van der Waals surface area contributed by atoms with Crippen LogP contribution < -0.4 is 0 Å². The molecule has 0 unspecified atom stereocenters. The average Bonchev–Trinajstić information content (AvgIpc) is 2.26. The van der Waals surface area contributed by atoms with Gasteiger partial charge in [0.05, 0.1) is 0 Å². The lowest BCUT2D eigenvalue weighted by molar-refractivity contribution is 0.00464. The van der Waals surface area contributed by atoms with Gasteiger partial charge in [-0.2, -0.15) is 0 Å². The van der Waals surface area contributed by atoms with E-state index in [1.54, 1.807) is 41.5 Å². The number of esters is 2. The van der Waals surface area contributed by atoms with E-state index < -0.39 is 34.6 Å². The van der Waals surface area contributed by atoms with Crippen LogP contribution in [0.4, 0.5) is 0 Å². The first-order chi connectivity index (χ1) is 9.80. The Hall–Kier alpha value is -2.24. The van der Waals surface area contributed by atoms with E-state index in [9.17, 15) is 19.8 Å². The van der Waals surface area contributed by atoms with E-state index in [1.165, 1.54) is 0 Å². The summed E-state index contributed by atoms with van der Waals surface area (Å²) in [5, 5.41) is 19.8. The molecule has 0 aliphatic rings. The second-order valence-corrected chi connectivity index (χ2v) is 6.89. The van der Waals surface area contributed by atoms with Gasteiger partial charge in [-0.3, -0.25) is 0 Å². The van der Waals surface area contributed by atoms with Crippen molar-refractivity contribution in [3.8, 4) is 11.5 Å². The first-order valence-corrected chi connectivity index (χ1v) is 6.83. The Morgan fingerprint density at radius 3 is 1.27 bits per heavy atom. The van der Waals surface area contributed by atoms with E-state index >= 15 is 0 Å². The maximum atomic E-state index is 11.9. The number of carbonyl (C=O) groups excluding carboxylic acids is 2. The zero-order valence-electron chi connectivity index (χ0n) is 13.7. The van der Waals surface area contributed by atoms with Gasteiger partial charge < -0.3 is 19.7 Å². The van der Waals surface area contributed by atoms with Crippen LogP contribution in [-0.4, -0.2) is 33.4 Å². The molecule has 1 rings (SSSR count). The standard InChI is InChI=1S/C16H22O6/c1-15(2,3)21-13(19)9-7-12(18)10(8-11(9)17)14(20)22-16(4,5)6/h7-8,17-18H,1-6H3. The van der Waals surface area contributed by atoms with Gasteiger partial charge in [-0.25, -0.2) is 9.59 Å². The fraction of sp³-hybridized carbons (Fsp3) is 0.500. The molecule has 0 aromatic heterocycles. The molecule has 0 aliphatic carbocycles. The van der Waals surface area contributed by atoms with Crippen LogP contribution in [0, 0.1) is 0 Å². The normalized spacial score (nSPS) is 11.9. The number of rotatable bonds is 2. The molecule has 0 heterocycles. The quantitative estimate of drug-likeness (QED) is 0.644. The number of aromatic hydroxyl groups is 2. The summed E-state index contributed by atoms with van der Waals surface area (Å²) in [5.41, 5.74) is -1.94. The Bertz CT molecular complexity index is 536. The van der Waals surface area contributed by atoms with Crippen molar-refractivity contribution >= 4 is 11.9 Å². The highest BCUT2D eigenvalue weighted by Gasteiger charge is 2.26. The molecule has 0 saturated heterocycles. The predicted octanol–water partition coefficient (Wildman–Crippen LogP) is 3.01. The van der Waals surface area contributed by atoms with E-state index in [0.717, 1.165) is 12.1 Å². The molecule has 6 nitrogen and oxygen atoms in total. The van der Waals surface area contributed by atoms with Crippen LogP contribution >= 0.6 is 0 Å². The number of phenols is 2. The highest BCUT2D eigenvalue weighted by atomic mass is 16.6. The Kier molecular flexibility index (Phi) is 4.75. The van der Waals surface area contributed by atoms with Crippen molar-refractivity contribution in [1.82, 2.24) is 0 Å². The maximum absolute atomic E-state index is 11.9. The Morgan fingerprint density at radius 1 is 0.773 bits per heavy atom.